The first-order chi connectivity index (χ1) is 10.0. The van der Waals surface area contributed by atoms with Crippen molar-refractivity contribution < 1.29 is 9.53 Å². The molecule has 0 heterocycles. The summed E-state index contributed by atoms with van der Waals surface area (Å²) < 4.78 is 5.43. The standard InChI is InChI=1S/C17H24N2O2/c1-13(2)12-21-10-9-19-17(20)16-7-6-14(3)15(11-16)5-4-8-18/h6-7,11,13H,8-10,12,18H2,1-3H3,(H,19,20). The highest BCUT2D eigenvalue weighted by Crippen LogP contribution is 2.10. The third-order valence-corrected chi connectivity index (χ3v) is 2.81. The molecule has 0 saturated heterocycles. The van der Waals surface area contributed by atoms with E-state index in [2.05, 4.69) is 31.0 Å². The van der Waals surface area contributed by atoms with Gasteiger partial charge in [-0.15, -0.1) is 0 Å². The summed E-state index contributed by atoms with van der Waals surface area (Å²) in [6, 6.07) is 5.49. The van der Waals surface area contributed by atoms with Crippen LogP contribution in [0.3, 0.4) is 0 Å². The number of hydrogen-bond donors (Lipinski definition) is 2. The molecule has 1 aromatic rings. The van der Waals surface area contributed by atoms with Gasteiger partial charge in [0.05, 0.1) is 13.2 Å². The molecule has 0 atom stereocenters. The minimum absolute atomic E-state index is 0.112. The van der Waals surface area contributed by atoms with Gasteiger partial charge in [-0.05, 0) is 30.5 Å². The van der Waals surface area contributed by atoms with Crippen molar-refractivity contribution in [3.05, 3.63) is 34.9 Å². The van der Waals surface area contributed by atoms with E-state index in [1.807, 2.05) is 13.0 Å². The van der Waals surface area contributed by atoms with E-state index in [9.17, 15) is 4.79 Å². The van der Waals surface area contributed by atoms with E-state index >= 15 is 0 Å². The minimum Gasteiger partial charge on any atom is -0.379 e. The fourth-order valence-electron chi connectivity index (χ4n) is 1.70. The second-order valence-corrected chi connectivity index (χ2v) is 5.26. The Labute approximate surface area is 127 Å². The minimum atomic E-state index is -0.112. The number of carbonyl (C=O) groups excluding carboxylic acids is 1. The van der Waals surface area contributed by atoms with Gasteiger partial charge in [-0.2, -0.15) is 0 Å². The zero-order chi connectivity index (χ0) is 15.7. The van der Waals surface area contributed by atoms with E-state index in [1.165, 1.54) is 0 Å². The van der Waals surface area contributed by atoms with Crippen LogP contribution in [0.2, 0.25) is 0 Å². The number of nitrogens with two attached hydrogens (primary N) is 1. The highest BCUT2D eigenvalue weighted by Gasteiger charge is 2.06. The van der Waals surface area contributed by atoms with Gasteiger partial charge in [0.15, 0.2) is 0 Å². The van der Waals surface area contributed by atoms with E-state index in [4.69, 9.17) is 10.5 Å². The molecular formula is C17H24N2O2. The lowest BCUT2D eigenvalue weighted by atomic mass is 10.0. The quantitative estimate of drug-likeness (QED) is 0.618. The molecular weight excluding hydrogens is 264 g/mol. The molecule has 0 fully saturated rings. The molecule has 3 N–H and O–H groups in total. The summed E-state index contributed by atoms with van der Waals surface area (Å²) in [5.74, 6) is 6.17. The van der Waals surface area contributed by atoms with Crippen LogP contribution in [0.15, 0.2) is 18.2 Å². The summed E-state index contributed by atoms with van der Waals surface area (Å²) in [6.07, 6.45) is 0. The largest absolute Gasteiger partial charge is 0.379 e. The SMILES string of the molecule is Cc1ccc(C(=O)NCCOCC(C)C)cc1C#CCN. The van der Waals surface area contributed by atoms with E-state index in [-0.39, 0.29) is 5.91 Å². The second-order valence-electron chi connectivity index (χ2n) is 5.26. The lowest BCUT2D eigenvalue weighted by Gasteiger charge is -2.09. The highest BCUT2D eigenvalue weighted by atomic mass is 16.5. The average molecular weight is 288 g/mol. The number of rotatable bonds is 6. The Morgan fingerprint density at radius 2 is 2.19 bits per heavy atom. The smallest absolute Gasteiger partial charge is 0.251 e. The van der Waals surface area contributed by atoms with Gasteiger partial charge in [-0.1, -0.05) is 31.8 Å². The molecule has 0 aliphatic carbocycles. The summed E-state index contributed by atoms with van der Waals surface area (Å²) in [7, 11) is 0. The van der Waals surface area contributed by atoms with Gasteiger partial charge < -0.3 is 15.8 Å². The molecule has 0 aliphatic heterocycles. The van der Waals surface area contributed by atoms with Crippen LogP contribution in [0.4, 0.5) is 0 Å². The zero-order valence-electron chi connectivity index (χ0n) is 13.0. The van der Waals surface area contributed by atoms with Gasteiger partial charge >= 0.3 is 0 Å². The second kappa shape index (κ2) is 9.17. The Bertz CT molecular complexity index is 527. The number of ether oxygens (including phenoxy) is 1. The van der Waals surface area contributed by atoms with Gasteiger partial charge in [0, 0.05) is 24.3 Å². The Morgan fingerprint density at radius 3 is 2.86 bits per heavy atom. The molecule has 21 heavy (non-hydrogen) atoms. The molecule has 0 radical (unpaired) electrons. The Hall–Kier alpha value is -1.83. The van der Waals surface area contributed by atoms with Gasteiger partial charge in [0.25, 0.3) is 5.91 Å². The molecule has 0 bridgehead atoms. The predicted octanol–water partition coefficient (Wildman–Crippen LogP) is 1.71. The molecule has 0 spiro atoms. The average Bonchev–Trinajstić information content (AvgIpc) is 2.45. The molecule has 0 saturated carbocycles. The van der Waals surface area contributed by atoms with E-state index in [1.54, 1.807) is 12.1 Å². The molecule has 0 unspecified atom stereocenters. The number of carbonyl (C=O) groups is 1. The third-order valence-electron chi connectivity index (χ3n) is 2.81. The first-order valence-electron chi connectivity index (χ1n) is 7.20. The fourth-order valence-corrected chi connectivity index (χ4v) is 1.70. The Balaban J connectivity index is 2.54. The molecule has 4 nitrogen and oxygen atoms in total. The van der Waals surface area contributed by atoms with Gasteiger partial charge in [-0.25, -0.2) is 0 Å². The van der Waals surface area contributed by atoms with Crippen LogP contribution < -0.4 is 11.1 Å². The molecule has 4 heteroatoms. The topological polar surface area (TPSA) is 64.3 Å². The monoisotopic (exact) mass is 288 g/mol. The van der Waals surface area contributed by atoms with Crippen molar-refractivity contribution in [3.8, 4) is 11.8 Å². The summed E-state index contributed by atoms with van der Waals surface area (Å²) in [5, 5.41) is 2.84. The van der Waals surface area contributed by atoms with E-state index in [0.717, 1.165) is 11.1 Å². The van der Waals surface area contributed by atoms with Gasteiger partial charge in [0.1, 0.15) is 0 Å². The van der Waals surface area contributed by atoms with Gasteiger partial charge in [0.2, 0.25) is 0 Å². The maximum Gasteiger partial charge on any atom is 0.251 e. The number of benzene rings is 1. The van der Waals surface area contributed by atoms with Crippen molar-refractivity contribution in [2.75, 3.05) is 26.3 Å². The van der Waals surface area contributed by atoms with Crippen molar-refractivity contribution in [1.29, 1.82) is 0 Å². The van der Waals surface area contributed by atoms with Crippen LogP contribution in [0.1, 0.15) is 35.3 Å². The van der Waals surface area contributed by atoms with Crippen LogP contribution in [0.5, 0.6) is 0 Å². The van der Waals surface area contributed by atoms with E-state index < -0.39 is 0 Å². The lowest BCUT2D eigenvalue weighted by Crippen LogP contribution is -2.27. The van der Waals surface area contributed by atoms with Crippen LogP contribution in [0.25, 0.3) is 0 Å². The van der Waals surface area contributed by atoms with Crippen LogP contribution in [-0.2, 0) is 4.74 Å². The summed E-state index contributed by atoms with van der Waals surface area (Å²) in [6.45, 7) is 8.19. The molecule has 1 amide bonds. The molecule has 0 aliphatic rings. The Kier molecular flexibility index (Phi) is 7.52. The van der Waals surface area contributed by atoms with E-state index in [0.29, 0.717) is 37.8 Å². The molecule has 1 aromatic carbocycles. The van der Waals surface area contributed by atoms with Crippen molar-refractivity contribution in [2.24, 2.45) is 11.7 Å². The van der Waals surface area contributed by atoms with Crippen molar-refractivity contribution in [1.82, 2.24) is 5.32 Å². The summed E-state index contributed by atoms with van der Waals surface area (Å²) in [4.78, 5) is 12.0. The number of nitrogens with one attached hydrogen (secondary N) is 1. The molecule has 0 aromatic heterocycles. The molecule has 1 rings (SSSR count). The lowest BCUT2D eigenvalue weighted by molar-refractivity contribution is 0.0886. The number of hydrogen-bond acceptors (Lipinski definition) is 3. The molecule has 114 valence electrons. The van der Waals surface area contributed by atoms with Gasteiger partial charge in [-0.3, -0.25) is 4.79 Å². The van der Waals surface area contributed by atoms with Crippen molar-refractivity contribution >= 4 is 5.91 Å². The fraction of sp³-hybridized carbons (Fsp3) is 0.471. The van der Waals surface area contributed by atoms with Crippen molar-refractivity contribution in [2.45, 2.75) is 20.8 Å². The normalized spacial score (nSPS) is 10.1. The Morgan fingerprint density at radius 1 is 1.43 bits per heavy atom. The third kappa shape index (κ3) is 6.44. The number of aryl methyl sites for hydroxylation is 1. The highest BCUT2D eigenvalue weighted by molar-refractivity contribution is 5.94. The maximum atomic E-state index is 12.0. The van der Waals surface area contributed by atoms with Crippen molar-refractivity contribution in [3.63, 3.8) is 0 Å². The zero-order valence-corrected chi connectivity index (χ0v) is 13.0. The van der Waals surface area contributed by atoms with Crippen LogP contribution in [0, 0.1) is 24.7 Å². The maximum absolute atomic E-state index is 12.0. The number of amides is 1. The first kappa shape index (κ1) is 17.2. The van der Waals surface area contributed by atoms with Crippen LogP contribution in [-0.4, -0.2) is 32.2 Å². The van der Waals surface area contributed by atoms with Crippen LogP contribution >= 0.6 is 0 Å². The summed E-state index contributed by atoms with van der Waals surface area (Å²) >= 11 is 0. The predicted molar refractivity (Wildman–Crippen MR) is 85.1 cm³/mol. The summed E-state index contributed by atoms with van der Waals surface area (Å²) in [5.41, 5.74) is 7.85. The first-order valence-corrected chi connectivity index (χ1v) is 7.20.